The zero-order valence-electron chi connectivity index (χ0n) is 22.2. The summed E-state index contributed by atoms with van der Waals surface area (Å²) in [6.07, 6.45) is 0.120. The van der Waals surface area contributed by atoms with E-state index in [9.17, 15) is 14.4 Å². The van der Waals surface area contributed by atoms with Gasteiger partial charge in [-0.25, -0.2) is 14.5 Å². The fraction of sp³-hybridized carbons (Fsp3) is 0.296. The molecule has 0 fully saturated rings. The molecule has 2 aromatic heterocycles. The molecule has 4 aromatic rings. The summed E-state index contributed by atoms with van der Waals surface area (Å²) in [5.41, 5.74) is 1.63. The molecule has 2 heterocycles. The molecule has 4 rings (SSSR count). The fourth-order valence-electron chi connectivity index (χ4n) is 3.93. The van der Waals surface area contributed by atoms with Crippen LogP contribution in [0.2, 0.25) is 15.1 Å². The van der Waals surface area contributed by atoms with Crippen LogP contribution in [0.1, 0.15) is 44.8 Å². The molecule has 0 radical (unpaired) electrons. The van der Waals surface area contributed by atoms with Crippen molar-refractivity contribution >= 4 is 63.5 Å². The van der Waals surface area contributed by atoms with Crippen molar-refractivity contribution in [1.82, 2.24) is 25.1 Å². The first kappa shape index (κ1) is 29.4. The van der Waals surface area contributed by atoms with E-state index in [1.807, 2.05) is 6.92 Å². The number of ether oxygens (including phenoxy) is 1. The SMILES string of the molecule is CCc1nn(-c2c(Cl)cc(Cl)cc2Cl)c2nc(Cc3ccc(NC(=O)CNC(=O)OC(C)(C)C)cc3)[nH]c(=O)c12. The second-order valence-corrected chi connectivity index (χ2v) is 11.2. The van der Waals surface area contributed by atoms with Gasteiger partial charge in [-0.3, -0.25) is 9.59 Å². The molecule has 2 amide bonds. The molecule has 0 aliphatic heterocycles. The van der Waals surface area contributed by atoms with Gasteiger partial charge in [-0.2, -0.15) is 5.10 Å². The van der Waals surface area contributed by atoms with Gasteiger partial charge in [0.05, 0.1) is 15.7 Å². The van der Waals surface area contributed by atoms with Gasteiger partial charge < -0.3 is 20.4 Å². The number of anilines is 1. The first-order valence-corrected chi connectivity index (χ1v) is 13.5. The normalized spacial score (nSPS) is 11.5. The Bertz CT molecular complexity index is 1620. The van der Waals surface area contributed by atoms with Crippen LogP contribution in [-0.4, -0.2) is 43.9 Å². The van der Waals surface area contributed by atoms with Crippen molar-refractivity contribution in [1.29, 1.82) is 0 Å². The summed E-state index contributed by atoms with van der Waals surface area (Å²) in [6, 6.07) is 10.1. The number of hydrogen-bond donors (Lipinski definition) is 3. The number of aromatic nitrogens is 4. The van der Waals surface area contributed by atoms with Gasteiger partial charge in [0.2, 0.25) is 5.91 Å². The van der Waals surface area contributed by atoms with Gasteiger partial charge in [-0.05, 0) is 57.0 Å². The van der Waals surface area contributed by atoms with E-state index in [-0.39, 0.29) is 22.1 Å². The molecule has 3 N–H and O–H groups in total. The van der Waals surface area contributed by atoms with Gasteiger partial charge in [-0.1, -0.05) is 53.9 Å². The second-order valence-electron chi connectivity index (χ2n) is 9.92. The molecule has 40 heavy (non-hydrogen) atoms. The number of fused-ring (bicyclic) bond motifs is 1. The van der Waals surface area contributed by atoms with Gasteiger partial charge >= 0.3 is 6.09 Å². The second kappa shape index (κ2) is 11.9. The summed E-state index contributed by atoms with van der Waals surface area (Å²) in [4.78, 5) is 44.5. The number of nitrogens with one attached hydrogen (secondary N) is 3. The lowest BCUT2D eigenvalue weighted by Gasteiger charge is -2.19. The van der Waals surface area contributed by atoms with E-state index >= 15 is 0 Å². The third-order valence-corrected chi connectivity index (χ3v) is 6.38. The lowest BCUT2D eigenvalue weighted by atomic mass is 10.1. The molecule has 13 heteroatoms. The maximum Gasteiger partial charge on any atom is 0.408 e. The summed E-state index contributed by atoms with van der Waals surface area (Å²) < 4.78 is 6.59. The highest BCUT2D eigenvalue weighted by Crippen LogP contribution is 2.33. The highest BCUT2D eigenvalue weighted by molar-refractivity contribution is 6.40. The Labute approximate surface area is 245 Å². The van der Waals surface area contributed by atoms with Crippen molar-refractivity contribution in [2.45, 2.75) is 46.1 Å². The summed E-state index contributed by atoms with van der Waals surface area (Å²) in [5.74, 6) is -0.00423. The summed E-state index contributed by atoms with van der Waals surface area (Å²) in [6.45, 7) is 6.85. The number of amides is 2. The number of nitrogens with zero attached hydrogens (tertiary/aromatic N) is 3. The Morgan fingerprint density at radius 1 is 1.07 bits per heavy atom. The molecule has 0 aliphatic carbocycles. The van der Waals surface area contributed by atoms with Gasteiger partial charge in [0.15, 0.2) is 5.65 Å². The van der Waals surface area contributed by atoms with E-state index in [0.29, 0.717) is 51.8 Å². The lowest BCUT2D eigenvalue weighted by Crippen LogP contribution is -2.37. The van der Waals surface area contributed by atoms with Crippen LogP contribution in [-0.2, 0) is 22.4 Å². The zero-order valence-corrected chi connectivity index (χ0v) is 24.5. The largest absolute Gasteiger partial charge is 0.444 e. The average molecular weight is 606 g/mol. The number of hydrogen-bond acceptors (Lipinski definition) is 6. The van der Waals surface area contributed by atoms with E-state index in [0.717, 1.165) is 5.56 Å². The van der Waals surface area contributed by atoms with E-state index in [1.54, 1.807) is 57.2 Å². The molecule has 0 saturated heterocycles. The number of halogens is 3. The highest BCUT2D eigenvalue weighted by Gasteiger charge is 2.21. The van der Waals surface area contributed by atoms with Crippen LogP contribution < -0.4 is 16.2 Å². The number of carbonyl (C=O) groups excluding carboxylic acids is 2. The number of aryl methyl sites for hydroxylation is 1. The molecule has 2 aromatic carbocycles. The minimum absolute atomic E-state index is 0.239. The average Bonchev–Trinajstić information content (AvgIpc) is 3.21. The predicted molar refractivity (Wildman–Crippen MR) is 156 cm³/mol. The van der Waals surface area contributed by atoms with E-state index in [4.69, 9.17) is 44.5 Å². The van der Waals surface area contributed by atoms with E-state index < -0.39 is 17.6 Å². The van der Waals surface area contributed by atoms with Crippen molar-refractivity contribution < 1.29 is 14.3 Å². The molecule has 210 valence electrons. The van der Waals surface area contributed by atoms with Crippen LogP contribution in [0.15, 0.2) is 41.2 Å². The molecule has 0 unspecified atom stereocenters. The van der Waals surface area contributed by atoms with Crippen LogP contribution in [0, 0.1) is 0 Å². The number of alkyl carbamates (subject to hydrolysis) is 1. The molecular weight excluding hydrogens is 579 g/mol. The van der Waals surface area contributed by atoms with Gasteiger partial charge in [0.1, 0.15) is 29.0 Å². The van der Waals surface area contributed by atoms with Crippen molar-refractivity contribution in [3.05, 3.63) is 78.9 Å². The number of aromatic amines is 1. The monoisotopic (exact) mass is 604 g/mol. The maximum absolute atomic E-state index is 13.1. The Morgan fingerprint density at radius 3 is 2.33 bits per heavy atom. The Kier molecular flexibility index (Phi) is 8.72. The first-order valence-electron chi connectivity index (χ1n) is 12.4. The molecule has 0 bridgehead atoms. The number of benzene rings is 2. The van der Waals surface area contributed by atoms with E-state index in [2.05, 4.69) is 20.7 Å². The van der Waals surface area contributed by atoms with E-state index in [1.165, 1.54) is 4.68 Å². The van der Waals surface area contributed by atoms with Crippen molar-refractivity contribution in [2.24, 2.45) is 0 Å². The van der Waals surface area contributed by atoms with Crippen molar-refractivity contribution in [3.63, 3.8) is 0 Å². The number of carbonyl (C=O) groups is 2. The van der Waals surface area contributed by atoms with Gasteiger partial charge in [0.25, 0.3) is 5.56 Å². The minimum Gasteiger partial charge on any atom is -0.444 e. The van der Waals surface area contributed by atoms with Crippen molar-refractivity contribution in [3.8, 4) is 5.69 Å². The lowest BCUT2D eigenvalue weighted by molar-refractivity contribution is -0.115. The molecule has 0 saturated carbocycles. The molecular formula is C27H27Cl3N6O4. The smallest absolute Gasteiger partial charge is 0.408 e. The topological polar surface area (TPSA) is 131 Å². The highest BCUT2D eigenvalue weighted by atomic mass is 35.5. The van der Waals surface area contributed by atoms with Gasteiger partial charge in [-0.15, -0.1) is 0 Å². The third-order valence-electron chi connectivity index (χ3n) is 5.59. The zero-order chi connectivity index (χ0) is 29.2. The minimum atomic E-state index is -0.676. The van der Waals surface area contributed by atoms with Gasteiger partial charge in [0, 0.05) is 17.1 Å². The van der Waals surface area contributed by atoms with Crippen LogP contribution in [0.25, 0.3) is 16.7 Å². The summed E-state index contributed by atoms with van der Waals surface area (Å²) >= 11 is 19.0. The maximum atomic E-state index is 13.1. The number of rotatable bonds is 7. The molecule has 0 spiro atoms. The van der Waals surface area contributed by atoms with Crippen LogP contribution >= 0.6 is 34.8 Å². The van der Waals surface area contributed by atoms with Crippen LogP contribution in [0.5, 0.6) is 0 Å². The summed E-state index contributed by atoms with van der Waals surface area (Å²) in [7, 11) is 0. The van der Waals surface area contributed by atoms with Crippen LogP contribution in [0.3, 0.4) is 0 Å². The fourth-order valence-corrected chi connectivity index (χ4v) is 4.91. The molecule has 0 aliphatic rings. The third kappa shape index (κ3) is 6.93. The predicted octanol–water partition coefficient (Wildman–Crippen LogP) is 5.69. The molecule has 0 atom stereocenters. The van der Waals surface area contributed by atoms with Crippen LogP contribution in [0.4, 0.5) is 10.5 Å². The Morgan fingerprint density at radius 2 is 1.73 bits per heavy atom. The molecule has 10 nitrogen and oxygen atoms in total. The summed E-state index contributed by atoms with van der Waals surface area (Å²) in [5, 5.41) is 10.9. The number of H-pyrrole nitrogens is 1. The van der Waals surface area contributed by atoms with Crippen molar-refractivity contribution in [2.75, 3.05) is 11.9 Å². The Balaban J connectivity index is 1.53. The Hall–Kier alpha value is -3.60. The quantitative estimate of drug-likeness (QED) is 0.248. The standard InChI is InChI=1S/C27H27Cl3N6O4/c1-5-19-22-24(36(35-19)23-17(29)11-15(28)12-18(23)30)33-20(34-25(22)38)10-14-6-8-16(9-7-14)32-21(37)13-31-26(39)40-27(2,3)4/h6-9,11-12H,5,10,13H2,1-4H3,(H,31,39)(H,32,37)(H,33,34,38). The first-order chi connectivity index (χ1) is 18.8.